The Balaban J connectivity index is 2.42. The van der Waals surface area contributed by atoms with Crippen molar-refractivity contribution < 1.29 is 9.84 Å². The summed E-state index contributed by atoms with van der Waals surface area (Å²) in [6.07, 6.45) is 3.42. The van der Waals surface area contributed by atoms with E-state index >= 15 is 0 Å². The van der Waals surface area contributed by atoms with Crippen LogP contribution < -0.4 is 0 Å². The summed E-state index contributed by atoms with van der Waals surface area (Å²) in [5.74, 6) is 4.04. The summed E-state index contributed by atoms with van der Waals surface area (Å²) < 4.78 is 6.02. The van der Waals surface area contributed by atoms with E-state index in [4.69, 9.17) is 4.74 Å². The monoisotopic (exact) mass is 278 g/mol. The topological polar surface area (TPSA) is 29.5 Å². The first-order valence-electron chi connectivity index (χ1n) is 6.48. The molecule has 0 aromatic carbocycles. The highest BCUT2D eigenvalue weighted by Gasteiger charge is 2.38. The fraction of sp³-hybridized carbons (Fsp3) is 1.00. The van der Waals surface area contributed by atoms with Gasteiger partial charge in [-0.3, -0.25) is 0 Å². The van der Waals surface area contributed by atoms with Gasteiger partial charge in [0.05, 0.1) is 12.7 Å². The third-order valence-corrected chi connectivity index (χ3v) is 6.03. The van der Waals surface area contributed by atoms with Crippen LogP contribution in [-0.4, -0.2) is 41.0 Å². The first-order chi connectivity index (χ1) is 8.11. The zero-order valence-electron chi connectivity index (χ0n) is 11.4. The van der Waals surface area contributed by atoms with Crippen molar-refractivity contribution in [3.05, 3.63) is 0 Å². The zero-order valence-corrected chi connectivity index (χ0v) is 13.0. The minimum Gasteiger partial charge on any atom is -0.394 e. The van der Waals surface area contributed by atoms with E-state index in [1.807, 2.05) is 23.5 Å². The average Bonchev–Trinajstić information content (AvgIpc) is 2.34. The summed E-state index contributed by atoms with van der Waals surface area (Å²) in [5, 5.41) is 9.36. The number of rotatable bonds is 6. The van der Waals surface area contributed by atoms with Gasteiger partial charge in [-0.25, -0.2) is 0 Å². The minimum atomic E-state index is 0.0271. The number of thioether (sulfide) groups is 2. The molecular weight excluding hydrogens is 252 g/mol. The second kappa shape index (κ2) is 7.93. The van der Waals surface area contributed by atoms with E-state index in [9.17, 15) is 5.11 Å². The fourth-order valence-corrected chi connectivity index (χ4v) is 4.22. The van der Waals surface area contributed by atoms with Gasteiger partial charge < -0.3 is 9.84 Å². The highest BCUT2D eigenvalue weighted by atomic mass is 32.2. The maximum absolute atomic E-state index is 9.36. The van der Waals surface area contributed by atoms with Crippen molar-refractivity contribution in [1.82, 2.24) is 0 Å². The second-order valence-electron chi connectivity index (χ2n) is 5.02. The molecule has 0 saturated carbocycles. The number of hydrogen-bond donors (Lipinski definition) is 1. The van der Waals surface area contributed by atoms with Gasteiger partial charge in [-0.05, 0) is 41.9 Å². The van der Waals surface area contributed by atoms with Crippen LogP contribution in [0.15, 0.2) is 0 Å². The Hall–Kier alpha value is 0.620. The number of ether oxygens (including phenoxy) is 1. The second-order valence-corrected chi connectivity index (χ2v) is 7.21. The predicted molar refractivity (Wildman–Crippen MR) is 78.7 cm³/mol. The normalized spacial score (nSPS) is 38.3. The lowest BCUT2D eigenvalue weighted by molar-refractivity contribution is -0.112. The van der Waals surface area contributed by atoms with Gasteiger partial charge in [0, 0.05) is 0 Å². The standard InChI is InChI=1S/C13H26O2S2/c1-9-10(2)12(8-14)15-13(11(9)3)17-7-5-6-16-4/h9-14H,5-8H2,1-4H3/t9?,10-,11?,12?,13+/m1/s1. The van der Waals surface area contributed by atoms with Gasteiger partial charge in [-0.1, -0.05) is 20.8 Å². The third-order valence-electron chi connectivity index (χ3n) is 3.94. The molecule has 0 amide bonds. The van der Waals surface area contributed by atoms with E-state index in [-0.39, 0.29) is 18.1 Å². The van der Waals surface area contributed by atoms with Crippen LogP contribution in [0.3, 0.4) is 0 Å². The molecule has 3 unspecified atom stereocenters. The Morgan fingerprint density at radius 1 is 1.06 bits per heavy atom. The van der Waals surface area contributed by atoms with Gasteiger partial charge >= 0.3 is 0 Å². The molecule has 17 heavy (non-hydrogen) atoms. The highest BCUT2D eigenvalue weighted by molar-refractivity contribution is 8.00. The molecule has 1 aliphatic rings. The molecule has 102 valence electrons. The molecule has 1 saturated heterocycles. The summed E-state index contributed by atoms with van der Waals surface area (Å²) in [4.78, 5) is 0. The summed E-state index contributed by atoms with van der Waals surface area (Å²) in [6.45, 7) is 6.91. The van der Waals surface area contributed by atoms with E-state index < -0.39 is 0 Å². The molecule has 1 rings (SSSR count). The van der Waals surface area contributed by atoms with Crippen molar-refractivity contribution in [1.29, 1.82) is 0 Å². The van der Waals surface area contributed by atoms with Crippen LogP contribution in [0.1, 0.15) is 27.2 Å². The SMILES string of the molecule is CSCCCS[C@@H]1OC(CO)[C@H](C)C(C)C1C. The fourth-order valence-electron chi connectivity index (χ4n) is 2.29. The van der Waals surface area contributed by atoms with E-state index in [1.54, 1.807) is 0 Å². The minimum absolute atomic E-state index is 0.0271. The van der Waals surface area contributed by atoms with Crippen LogP contribution in [0, 0.1) is 17.8 Å². The van der Waals surface area contributed by atoms with Gasteiger partial charge in [-0.2, -0.15) is 11.8 Å². The molecule has 0 radical (unpaired) electrons. The van der Waals surface area contributed by atoms with E-state index in [0.717, 1.165) is 5.75 Å². The largest absolute Gasteiger partial charge is 0.394 e. The molecule has 1 heterocycles. The average molecular weight is 278 g/mol. The Morgan fingerprint density at radius 3 is 2.35 bits per heavy atom. The molecule has 0 aromatic rings. The first kappa shape index (κ1) is 15.7. The van der Waals surface area contributed by atoms with Crippen LogP contribution in [-0.2, 0) is 4.74 Å². The van der Waals surface area contributed by atoms with Crippen LogP contribution in [0.4, 0.5) is 0 Å². The maximum Gasteiger partial charge on any atom is 0.106 e. The van der Waals surface area contributed by atoms with E-state index in [0.29, 0.717) is 17.8 Å². The van der Waals surface area contributed by atoms with Crippen molar-refractivity contribution in [2.75, 3.05) is 24.4 Å². The van der Waals surface area contributed by atoms with Crippen LogP contribution in [0.25, 0.3) is 0 Å². The van der Waals surface area contributed by atoms with Crippen LogP contribution in [0.5, 0.6) is 0 Å². The van der Waals surface area contributed by atoms with Crippen molar-refractivity contribution in [3.8, 4) is 0 Å². The first-order valence-corrected chi connectivity index (χ1v) is 8.93. The molecule has 2 nitrogen and oxygen atoms in total. The zero-order chi connectivity index (χ0) is 12.8. The van der Waals surface area contributed by atoms with Gasteiger partial charge in [0.15, 0.2) is 0 Å². The molecule has 0 bridgehead atoms. The Bertz CT molecular complexity index is 212. The van der Waals surface area contributed by atoms with E-state index in [2.05, 4.69) is 27.0 Å². The molecule has 5 atom stereocenters. The number of hydrogen-bond acceptors (Lipinski definition) is 4. The van der Waals surface area contributed by atoms with Crippen molar-refractivity contribution in [2.45, 2.75) is 38.7 Å². The van der Waals surface area contributed by atoms with Crippen molar-refractivity contribution in [3.63, 3.8) is 0 Å². The van der Waals surface area contributed by atoms with Gasteiger partial charge in [0.2, 0.25) is 0 Å². The molecular formula is C13H26O2S2. The Morgan fingerprint density at radius 2 is 1.76 bits per heavy atom. The molecule has 1 fully saturated rings. The molecule has 0 aliphatic carbocycles. The predicted octanol–water partition coefficient (Wildman–Crippen LogP) is 3.10. The van der Waals surface area contributed by atoms with Crippen LogP contribution in [0.2, 0.25) is 0 Å². The van der Waals surface area contributed by atoms with Crippen molar-refractivity contribution in [2.24, 2.45) is 17.8 Å². The van der Waals surface area contributed by atoms with Crippen LogP contribution >= 0.6 is 23.5 Å². The summed E-state index contributed by atoms with van der Waals surface area (Å²) in [7, 11) is 0. The summed E-state index contributed by atoms with van der Waals surface area (Å²) in [5.41, 5.74) is 0.264. The molecule has 0 spiro atoms. The number of aliphatic hydroxyl groups is 1. The molecule has 4 heteroatoms. The quantitative estimate of drug-likeness (QED) is 0.756. The lowest BCUT2D eigenvalue weighted by Gasteiger charge is -2.43. The Kier molecular flexibility index (Phi) is 7.31. The molecule has 1 aliphatic heterocycles. The highest BCUT2D eigenvalue weighted by Crippen LogP contribution is 2.39. The number of aliphatic hydroxyl groups excluding tert-OH is 1. The molecule has 0 aromatic heterocycles. The maximum atomic E-state index is 9.36. The summed E-state index contributed by atoms with van der Waals surface area (Å²) in [6, 6.07) is 0. The third kappa shape index (κ3) is 4.34. The lowest BCUT2D eigenvalue weighted by atomic mass is 9.80. The van der Waals surface area contributed by atoms with Gasteiger partial charge in [0.1, 0.15) is 5.44 Å². The van der Waals surface area contributed by atoms with E-state index in [1.165, 1.54) is 12.2 Å². The van der Waals surface area contributed by atoms with Crippen molar-refractivity contribution >= 4 is 23.5 Å². The Labute approximate surface area is 114 Å². The van der Waals surface area contributed by atoms with Gasteiger partial charge in [-0.15, -0.1) is 11.8 Å². The lowest BCUT2D eigenvalue weighted by Crippen LogP contribution is -2.45. The van der Waals surface area contributed by atoms with Gasteiger partial charge in [0.25, 0.3) is 0 Å². The molecule has 1 N–H and O–H groups in total. The summed E-state index contributed by atoms with van der Waals surface area (Å²) >= 11 is 3.82. The smallest absolute Gasteiger partial charge is 0.106 e.